The molecule has 43 heavy (non-hydrogen) atoms. The molecule has 2 aliphatic carbocycles. The predicted molar refractivity (Wildman–Crippen MR) is 166 cm³/mol. The molecule has 5 rings (SSSR count). The minimum absolute atomic E-state index is 0.0266. The maximum atomic E-state index is 14.2. The molecule has 2 N–H and O–H groups in total. The third-order valence-corrected chi connectivity index (χ3v) is 8.56. The number of rotatable bonds is 12. The van der Waals surface area contributed by atoms with Crippen LogP contribution < -0.4 is 10.5 Å². The summed E-state index contributed by atoms with van der Waals surface area (Å²) in [6.07, 6.45) is 16.8. The van der Waals surface area contributed by atoms with Gasteiger partial charge in [0, 0.05) is 58.1 Å². The van der Waals surface area contributed by atoms with Crippen LogP contribution in [0.4, 0.5) is 8.78 Å². The van der Waals surface area contributed by atoms with Crippen molar-refractivity contribution >= 4 is 17.9 Å². The van der Waals surface area contributed by atoms with Gasteiger partial charge in [0.05, 0.1) is 12.0 Å². The summed E-state index contributed by atoms with van der Waals surface area (Å²) in [4.78, 5) is 2.43. The van der Waals surface area contributed by atoms with Crippen molar-refractivity contribution < 1.29 is 23.0 Å². The van der Waals surface area contributed by atoms with Gasteiger partial charge in [0.25, 0.3) is 0 Å². The van der Waals surface area contributed by atoms with E-state index < -0.39 is 23.4 Å². The summed E-state index contributed by atoms with van der Waals surface area (Å²) >= 11 is 6.11. The number of hydrogen-bond acceptors (Lipinski definition) is 6. The Balaban J connectivity index is 1.14. The van der Waals surface area contributed by atoms with Crippen LogP contribution in [0.2, 0.25) is 0 Å². The van der Waals surface area contributed by atoms with Gasteiger partial charge in [-0.1, -0.05) is 36.4 Å². The quantitative estimate of drug-likeness (QED) is 0.136. The van der Waals surface area contributed by atoms with Crippen LogP contribution in [-0.4, -0.2) is 73.4 Å². The molecule has 2 unspecified atom stereocenters. The van der Waals surface area contributed by atoms with Crippen molar-refractivity contribution in [2.75, 3.05) is 39.9 Å². The summed E-state index contributed by atoms with van der Waals surface area (Å²) in [6, 6.07) is 6.24. The van der Waals surface area contributed by atoms with Crippen molar-refractivity contribution in [3.8, 4) is 5.75 Å². The molecule has 4 atom stereocenters. The maximum absolute atomic E-state index is 14.2. The molecule has 4 aliphatic rings. The van der Waals surface area contributed by atoms with Gasteiger partial charge in [-0.05, 0) is 54.2 Å². The van der Waals surface area contributed by atoms with E-state index in [0.717, 1.165) is 44.3 Å². The first kappa shape index (κ1) is 31.4. The Morgan fingerprint density at radius 2 is 2.19 bits per heavy atom. The zero-order valence-electron chi connectivity index (χ0n) is 24.6. The number of fused-ring (bicyclic) bond motifs is 1. The van der Waals surface area contributed by atoms with Gasteiger partial charge < -0.3 is 19.9 Å². The van der Waals surface area contributed by atoms with Gasteiger partial charge in [-0.2, -0.15) is 5.10 Å². The summed E-state index contributed by atoms with van der Waals surface area (Å²) in [5, 5.41) is 5.83. The smallest absolute Gasteiger partial charge is 0.175 e. The van der Waals surface area contributed by atoms with Crippen LogP contribution in [0.5, 0.6) is 5.75 Å². The van der Waals surface area contributed by atoms with Gasteiger partial charge in [0.1, 0.15) is 36.5 Å². The molecule has 2 aliphatic heterocycles. The number of alkyl halides is 1. The average Bonchev–Trinajstić information content (AvgIpc) is 3.41. The molecule has 232 valence electrons. The number of nitrogens with two attached hydrogens (primary N) is 1. The summed E-state index contributed by atoms with van der Waals surface area (Å²) in [7, 11) is 1.81. The Bertz CT molecular complexity index is 1310. The lowest BCUT2D eigenvalue weighted by Gasteiger charge is -2.35. The fraction of sp³-hybridized carbons (Fsp3) is 0.485. The van der Waals surface area contributed by atoms with Crippen LogP contribution in [-0.2, 0) is 22.4 Å². The molecule has 1 fully saturated rings. The molecule has 10 heteroatoms. The summed E-state index contributed by atoms with van der Waals surface area (Å²) in [5.41, 5.74) is 9.18. The highest BCUT2D eigenvalue weighted by atomic mass is 35.5. The summed E-state index contributed by atoms with van der Waals surface area (Å²) in [6.45, 7) is 3.91. The highest BCUT2D eigenvalue weighted by Crippen LogP contribution is 2.42. The van der Waals surface area contributed by atoms with Crippen LogP contribution in [0.1, 0.15) is 36.8 Å². The molecular formula is C33H41ClF2N4O3. The molecule has 0 aromatic heterocycles. The Labute approximate surface area is 258 Å². The van der Waals surface area contributed by atoms with Crippen molar-refractivity contribution in [3.05, 3.63) is 89.1 Å². The normalized spacial score (nSPS) is 27.7. The molecule has 1 aromatic rings. The van der Waals surface area contributed by atoms with E-state index in [2.05, 4.69) is 46.4 Å². The van der Waals surface area contributed by atoms with Gasteiger partial charge in [-0.15, -0.1) is 11.6 Å². The standard InChI is InChI=1S/C33H41ClF2N4O3/c1-39(38-23-37)13-3-12-33(27-17-29(35)19-30(36)18-27)42-22-32(43-33)21-41-31-10-7-26-20-40(15-11-25(26)16-31)14-2-4-24-5-8-28(34)9-6-24/h2,4-8,10,16-17,19,23,27-28,32H,3,9,11-15,18,20-22H2,1H3,(H2,37,38)/b4-2+/t27?,28?,32-,33-/m0/s1. The van der Waals surface area contributed by atoms with Crippen LogP contribution in [0, 0.1) is 5.92 Å². The van der Waals surface area contributed by atoms with E-state index in [9.17, 15) is 8.78 Å². The van der Waals surface area contributed by atoms with E-state index in [1.165, 1.54) is 29.1 Å². The lowest BCUT2D eigenvalue weighted by molar-refractivity contribution is -0.203. The van der Waals surface area contributed by atoms with Crippen LogP contribution in [0.25, 0.3) is 0 Å². The third kappa shape index (κ3) is 8.56. The van der Waals surface area contributed by atoms with Crippen LogP contribution in [0.3, 0.4) is 0 Å². The number of nitrogens with zero attached hydrogens (tertiary/aromatic N) is 3. The average molecular weight is 615 g/mol. The molecule has 0 saturated carbocycles. The first-order valence-corrected chi connectivity index (χ1v) is 15.4. The number of benzene rings is 1. The van der Waals surface area contributed by atoms with Crippen molar-refractivity contribution in [1.29, 1.82) is 0 Å². The first-order chi connectivity index (χ1) is 20.8. The number of allylic oxidation sites excluding steroid dienone is 8. The van der Waals surface area contributed by atoms with Gasteiger partial charge in [-0.3, -0.25) is 9.91 Å². The maximum Gasteiger partial charge on any atom is 0.175 e. The number of hydrazone groups is 1. The molecule has 0 amide bonds. The minimum atomic E-state index is -1.14. The molecule has 1 aromatic carbocycles. The first-order valence-electron chi connectivity index (χ1n) is 15.0. The molecule has 1 saturated heterocycles. The van der Waals surface area contributed by atoms with E-state index in [4.69, 9.17) is 31.5 Å². The number of hydrogen-bond donors (Lipinski definition) is 1. The van der Waals surface area contributed by atoms with Crippen LogP contribution in [0.15, 0.2) is 83.1 Å². The Hall–Kier alpha value is -2.98. The molecule has 0 bridgehead atoms. The Kier molecular flexibility index (Phi) is 10.7. The predicted octanol–water partition coefficient (Wildman–Crippen LogP) is 5.93. The van der Waals surface area contributed by atoms with Crippen molar-refractivity contribution in [1.82, 2.24) is 9.91 Å². The van der Waals surface area contributed by atoms with E-state index in [-0.39, 0.29) is 31.1 Å². The van der Waals surface area contributed by atoms with E-state index in [1.807, 2.05) is 19.2 Å². The lowest BCUT2D eigenvalue weighted by atomic mass is 9.87. The second-order valence-electron chi connectivity index (χ2n) is 11.5. The lowest BCUT2D eigenvalue weighted by Crippen LogP contribution is -2.41. The SMILES string of the molecule is CN(CCC[C@]1(C2C=C(F)C=C(F)C2)OC[C@H](COc2ccc3c(c2)CCN(C/C=C/C2=CCC(Cl)C=C2)C3)O1)/N=C\N. The van der Waals surface area contributed by atoms with Crippen molar-refractivity contribution in [3.63, 3.8) is 0 Å². The monoisotopic (exact) mass is 614 g/mol. The second-order valence-corrected chi connectivity index (χ2v) is 12.1. The molecule has 7 nitrogen and oxygen atoms in total. The number of ether oxygens (including phenoxy) is 3. The zero-order chi connectivity index (χ0) is 30.2. The van der Waals surface area contributed by atoms with Crippen molar-refractivity contribution in [2.45, 2.75) is 55.9 Å². The zero-order valence-corrected chi connectivity index (χ0v) is 25.4. The fourth-order valence-electron chi connectivity index (χ4n) is 6.00. The van der Waals surface area contributed by atoms with E-state index in [1.54, 1.807) is 5.01 Å². The van der Waals surface area contributed by atoms with Gasteiger partial charge >= 0.3 is 0 Å². The molecule has 0 spiro atoms. The summed E-state index contributed by atoms with van der Waals surface area (Å²) in [5.74, 6) is -2.08. The van der Waals surface area contributed by atoms with Gasteiger partial charge in [0.2, 0.25) is 0 Å². The topological polar surface area (TPSA) is 72.5 Å². The highest BCUT2D eigenvalue weighted by Gasteiger charge is 2.48. The van der Waals surface area contributed by atoms with Crippen LogP contribution >= 0.6 is 11.6 Å². The van der Waals surface area contributed by atoms with Gasteiger partial charge in [-0.25, -0.2) is 8.78 Å². The fourth-order valence-corrected chi connectivity index (χ4v) is 6.16. The minimum Gasteiger partial charge on any atom is -0.491 e. The van der Waals surface area contributed by atoms with Gasteiger partial charge in [0.15, 0.2) is 5.79 Å². The van der Waals surface area contributed by atoms with E-state index >= 15 is 0 Å². The Morgan fingerprint density at radius 3 is 2.98 bits per heavy atom. The second kappa shape index (κ2) is 14.7. The third-order valence-electron chi connectivity index (χ3n) is 8.24. The van der Waals surface area contributed by atoms with Crippen molar-refractivity contribution in [2.24, 2.45) is 16.8 Å². The summed E-state index contributed by atoms with van der Waals surface area (Å²) < 4.78 is 47.2. The van der Waals surface area contributed by atoms with E-state index in [0.29, 0.717) is 19.4 Å². The largest absolute Gasteiger partial charge is 0.491 e. The Morgan fingerprint density at radius 1 is 1.30 bits per heavy atom. The molecule has 0 radical (unpaired) electrons. The molecule has 2 heterocycles. The highest BCUT2D eigenvalue weighted by molar-refractivity contribution is 6.22. The molecular weight excluding hydrogens is 574 g/mol. The number of halogens is 3.